The molecule has 4 aliphatic rings. The molecule has 2 aliphatic carbocycles. The summed E-state index contributed by atoms with van der Waals surface area (Å²) in [7, 11) is -0.850. The molecule has 0 amide bonds. The van der Waals surface area contributed by atoms with E-state index in [9.17, 15) is 14.8 Å². The average molecular weight is 844 g/mol. The average Bonchev–Trinajstić information content (AvgIpc) is 3.39. The largest absolute Gasteiger partial charge is 0.437 e. The summed E-state index contributed by atoms with van der Waals surface area (Å²) >= 11 is 16.3. The minimum atomic E-state index is -0.446. The van der Waals surface area contributed by atoms with Crippen molar-refractivity contribution in [2.45, 2.75) is 40.1 Å². The number of halogens is 3. The number of Topliss-reactive ketones (excluding diaryl/α,β-unsaturated/α-hetero) is 1. The first kappa shape index (κ1) is 41.5. The molecular weight excluding hydrogens is 797 g/mol. The molecule has 2 aromatic heterocycles. The fourth-order valence-corrected chi connectivity index (χ4v) is 8.98. The zero-order valence-electron chi connectivity index (χ0n) is 30.7. The van der Waals surface area contributed by atoms with Gasteiger partial charge in [0.25, 0.3) is 0 Å². The fourth-order valence-electron chi connectivity index (χ4n) is 8.05. The molecule has 4 aromatic rings. The fraction of sp³-hybridized carbons (Fsp3) is 0.341. The van der Waals surface area contributed by atoms with Crippen molar-refractivity contribution in [3.63, 3.8) is 0 Å². The van der Waals surface area contributed by atoms with Gasteiger partial charge in [0.05, 0.1) is 23.5 Å². The Hall–Kier alpha value is -3.16. The summed E-state index contributed by atoms with van der Waals surface area (Å²) in [6.45, 7) is 11.9. The highest BCUT2D eigenvalue weighted by molar-refractivity contribution is 9.15. The van der Waals surface area contributed by atoms with Gasteiger partial charge in [0.15, 0.2) is 5.78 Å². The second kappa shape index (κ2) is 18.0. The number of carbonyl (C=O) groups is 1. The molecule has 14 heteroatoms. The number of benzene rings is 2. The smallest absolute Gasteiger partial charge is 0.376 e. The minimum absolute atomic E-state index is 0. The SMILES string of the molecule is C.CB(O)N1CCN(C2c3ccc(Cl)cc3C(Br)=Cc3cccnc32)CC1.CB(O)N1CCN(C2c3ccc(Cl)cc3C(C(C)=O)=Cc3cccnc32)CC1. The van der Waals surface area contributed by atoms with Gasteiger partial charge in [-0.25, -0.2) is 0 Å². The van der Waals surface area contributed by atoms with E-state index in [4.69, 9.17) is 33.2 Å². The number of fused-ring (bicyclic) bond motifs is 4. The molecule has 2 atom stereocenters. The summed E-state index contributed by atoms with van der Waals surface area (Å²) in [5.74, 6) is 0.0119. The van der Waals surface area contributed by atoms with Crippen molar-refractivity contribution in [1.29, 1.82) is 0 Å². The Morgan fingerprint density at radius 2 is 1.15 bits per heavy atom. The quantitative estimate of drug-likeness (QED) is 0.200. The van der Waals surface area contributed by atoms with Crippen molar-refractivity contribution < 1.29 is 14.8 Å². The van der Waals surface area contributed by atoms with Crippen LogP contribution in [0.4, 0.5) is 0 Å². The van der Waals surface area contributed by atoms with Gasteiger partial charge in [-0.15, -0.1) is 0 Å². The molecule has 0 bridgehead atoms. The first-order valence-electron chi connectivity index (χ1n) is 18.4. The van der Waals surface area contributed by atoms with Gasteiger partial charge in [-0.3, -0.25) is 24.6 Å². The highest BCUT2D eigenvalue weighted by Crippen LogP contribution is 2.43. The number of allylic oxidation sites excluding steroid dienone is 1. The van der Waals surface area contributed by atoms with Crippen LogP contribution in [0.3, 0.4) is 0 Å². The summed E-state index contributed by atoms with van der Waals surface area (Å²) in [6.07, 6.45) is 7.73. The first-order valence-corrected chi connectivity index (χ1v) is 20.0. The number of rotatable bonds is 5. The summed E-state index contributed by atoms with van der Waals surface area (Å²) in [5.41, 5.74) is 9.01. The molecule has 2 aromatic carbocycles. The van der Waals surface area contributed by atoms with Crippen LogP contribution in [-0.2, 0) is 4.79 Å². The highest BCUT2D eigenvalue weighted by atomic mass is 79.9. The molecule has 8 rings (SSSR count). The van der Waals surface area contributed by atoms with Crippen molar-refractivity contribution in [2.75, 3.05) is 52.4 Å². The highest BCUT2D eigenvalue weighted by Gasteiger charge is 2.35. The number of ketones is 1. The van der Waals surface area contributed by atoms with Crippen molar-refractivity contribution in [1.82, 2.24) is 29.4 Å². The molecule has 9 nitrogen and oxygen atoms in total. The number of aromatic nitrogens is 2. The summed E-state index contributed by atoms with van der Waals surface area (Å²) in [4.78, 5) is 30.9. The van der Waals surface area contributed by atoms with E-state index in [1.54, 1.807) is 19.9 Å². The van der Waals surface area contributed by atoms with E-state index in [0.29, 0.717) is 10.6 Å². The number of pyridine rings is 2. The van der Waals surface area contributed by atoms with Crippen molar-refractivity contribution in [2.24, 2.45) is 0 Å². The van der Waals surface area contributed by atoms with Crippen molar-refractivity contribution in [3.05, 3.63) is 128 Å². The van der Waals surface area contributed by atoms with Gasteiger partial charge in [-0.2, -0.15) is 0 Å². The number of nitrogens with zero attached hydrogens (tertiary/aromatic N) is 6. The molecule has 2 fully saturated rings. The second-order valence-corrected chi connectivity index (χ2v) is 16.0. The molecule has 55 heavy (non-hydrogen) atoms. The molecular formula is C41H47B2BrCl2N6O3. The van der Waals surface area contributed by atoms with Crippen molar-refractivity contribution in [3.8, 4) is 0 Å². The maximum Gasteiger partial charge on any atom is 0.376 e. The van der Waals surface area contributed by atoms with E-state index in [-0.39, 0.29) is 25.3 Å². The lowest BCUT2D eigenvalue weighted by Gasteiger charge is -2.40. The van der Waals surface area contributed by atoms with Gasteiger partial charge in [-0.1, -0.05) is 70.8 Å². The number of hydrogen-bond donors (Lipinski definition) is 2. The Bertz CT molecular complexity index is 2090. The van der Waals surface area contributed by atoms with Crippen LogP contribution in [0.15, 0.2) is 73.1 Å². The molecule has 2 unspecified atom stereocenters. The van der Waals surface area contributed by atoms with Crippen LogP contribution < -0.4 is 0 Å². The Labute approximate surface area is 344 Å². The predicted molar refractivity (Wildman–Crippen MR) is 231 cm³/mol. The number of carbonyl (C=O) groups excluding carboxylic acids is 1. The van der Waals surface area contributed by atoms with Gasteiger partial charge in [0, 0.05) is 84.9 Å². The van der Waals surface area contributed by atoms with Crippen LogP contribution in [0.2, 0.25) is 23.7 Å². The molecule has 2 aliphatic heterocycles. The zero-order chi connectivity index (χ0) is 38.1. The third-order valence-electron chi connectivity index (χ3n) is 10.9. The van der Waals surface area contributed by atoms with E-state index in [0.717, 1.165) is 101 Å². The lowest BCUT2D eigenvalue weighted by molar-refractivity contribution is -0.111. The number of piperazine rings is 2. The van der Waals surface area contributed by atoms with Crippen LogP contribution in [0.1, 0.15) is 71.2 Å². The van der Waals surface area contributed by atoms with Crippen LogP contribution in [0, 0.1) is 0 Å². The van der Waals surface area contributed by atoms with Crippen LogP contribution in [0.25, 0.3) is 22.2 Å². The molecule has 0 radical (unpaired) electrons. The van der Waals surface area contributed by atoms with Crippen molar-refractivity contribution >= 4 is 81.2 Å². The van der Waals surface area contributed by atoms with Gasteiger partial charge in [0.1, 0.15) is 0 Å². The molecule has 2 saturated heterocycles. The molecule has 0 saturated carbocycles. The third-order valence-corrected chi connectivity index (χ3v) is 12.0. The predicted octanol–water partition coefficient (Wildman–Crippen LogP) is 7.39. The van der Waals surface area contributed by atoms with Gasteiger partial charge >= 0.3 is 14.1 Å². The second-order valence-electron chi connectivity index (χ2n) is 14.2. The Morgan fingerprint density at radius 1 is 0.709 bits per heavy atom. The normalized spacial score (nSPS) is 20.0. The maximum atomic E-state index is 12.5. The standard InChI is InChI=1S/C21H23BClN3O2.C19H20BBrClN3O.CH4/c1-14(27)18-12-15-4-3-7-24-20(15)21(17-6-5-16(23)13-19(17)18)25-8-10-26(11-9-25)22(2)28;1-20(26)25-9-7-24(8-10-25)19-15-5-4-14(22)12-16(15)17(21)11-13-3-2-6-23-18(13)19;/h3-7,12-13,21,28H,8-11H2,1-2H3;2-6,11-12,19,26H,7-10H2,1H3;1H4. The van der Waals surface area contributed by atoms with Gasteiger partial charge < -0.3 is 19.7 Å². The summed E-state index contributed by atoms with van der Waals surface area (Å²) in [6, 6.07) is 19.9. The zero-order valence-corrected chi connectivity index (χ0v) is 33.8. The topological polar surface area (TPSA) is 96.3 Å². The first-order chi connectivity index (χ1) is 26.0. The van der Waals surface area contributed by atoms with Crippen LogP contribution >= 0.6 is 39.1 Å². The monoisotopic (exact) mass is 842 g/mol. The molecule has 286 valence electrons. The molecule has 4 heterocycles. The molecule has 0 spiro atoms. The van der Waals surface area contributed by atoms with E-state index in [2.05, 4.69) is 53.6 Å². The van der Waals surface area contributed by atoms with E-state index in [1.807, 2.05) is 67.6 Å². The van der Waals surface area contributed by atoms with Gasteiger partial charge in [0.2, 0.25) is 0 Å². The van der Waals surface area contributed by atoms with Crippen LogP contribution in [0.5, 0.6) is 0 Å². The Balaban J connectivity index is 0.000000184. The maximum absolute atomic E-state index is 12.5. The van der Waals surface area contributed by atoms with E-state index in [1.165, 1.54) is 5.56 Å². The van der Waals surface area contributed by atoms with Gasteiger partial charge in [-0.05, 0) is 103 Å². The number of hydrogen-bond acceptors (Lipinski definition) is 9. The Kier molecular flexibility index (Phi) is 13.5. The Morgan fingerprint density at radius 3 is 1.60 bits per heavy atom. The van der Waals surface area contributed by atoms with E-state index < -0.39 is 14.1 Å². The van der Waals surface area contributed by atoms with E-state index >= 15 is 0 Å². The minimum Gasteiger partial charge on any atom is -0.437 e. The summed E-state index contributed by atoms with van der Waals surface area (Å²) in [5, 5.41) is 21.1. The molecule has 2 N–H and O–H groups in total. The van der Waals surface area contributed by atoms with Crippen LogP contribution in [-0.4, -0.2) is 112 Å². The third kappa shape index (κ3) is 8.88. The summed E-state index contributed by atoms with van der Waals surface area (Å²) < 4.78 is 1.02. The lowest BCUT2D eigenvalue weighted by Crippen LogP contribution is -2.52. The lowest BCUT2D eigenvalue weighted by atomic mass is 9.84.